The minimum Gasteiger partial charge on any atom is -0.354 e. The van der Waals surface area contributed by atoms with Crippen LogP contribution in [0.25, 0.3) is 0 Å². The Kier molecular flexibility index (Phi) is 15.4. The fourth-order valence-corrected chi connectivity index (χ4v) is 3.32. The maximum absolute atomic E-state index is 13.0. The highest BCUT2D eigenvalue weighted by Crippen LogP contribution is 2.17. The van der Waals surface area contributed by atoms with Crippen molar-refractivity contribution in [2.75, 3.05) is 13.1 Å². The largest absolute Gasteiger partial charge is 0.354 e. The van der Waals surface area contributed by atoms with Crippen molar-refractivity contribution in [2.45, 2.75) is 98.2 Å². The number of ketones is 1. The van der Waals surface area contributed by atoms with Crippen LogP contribution in [0.15, 0.2) is 0 Å². The second kappa shape index (κ2) is 16.5. The summed E-state index contributed by atoms with van der Waals surface area (Å²) in [5, 5.41) is 11.5. The molecule has 0 aromatic heterocycles. The minimum atomic E-state index is -0.630. The molecule has 0 aliphatic heterocycles. The molecular formula is C23H45N5O4. The van der Waals surface area contributed by atoms with Gasteiger partial charge in [0.2, 0.25) is 11.8 Å². The minimum absolute atomic E-state index is 0.0383. The van der Waals surface area contributed by atoms with Gasteiger partial charge in [0, 0.05) is 37.4 Å². The van der Waals surface area contributed by atoms with Gasteiger partial charge >= 0.3 is 6.03 Å². The summed E-state index contributed by atoms with van der Waals surface area (Å²) in [4.78, 5) is 48.9. The van der Waals surface area contributed by atoms with Crippen LogP contribution in [-0.2, 0) is 14.4 Å². The molecular weight excluding hydrogens is 410 g/mol. The molecule has 0 heterocycles. The normalized spacial score (nSPS) is 13.2. The number of urea groups is 1. The molecule has 0 spiro atoms. The molecule has 9 nitrogen and oxygen atoms in total. The Labute approximate surface area is 193 Å². The second-order valence-electron chi connectivity index (χ2n) is 9.32. The molecule has 0 aliphatic carbocycles. The van der Waals surface area contributed by atoms with E-state index in [2.05, 4.69) is 35.1 Å². The number of rotatable bonds is 17. The summed E-state index contributed by atoms with van der Waals surface area (Å²) in [7, 11) is 0. The van der Waals surface area contributed by atoms with E-state index >= 15 is 0 Å². The Bertz CT molecular complexity index is 593. The number of unbranched alkanes of at least 4 members (excludes halogenated alkanes) is 1. The lowest BCUT2D eigenvalue weighted by atomic mass is 9.89. The van der Waals surface area contributed by atoms with E-state index in [1.54, 1.807) is 0 Å². The zero-order chi connectivity index (χ0) is 24.7. The van der Waals surface area contributed by atoms with E-state index in [0.29, 0.717) is 31.8 Å². The van der Waals surface area contributed by atoms with Gasteiger partial charge in [-0.1, -0.05) is 27.7 Å². The second-order valence-corrected chi connectivity index (χ2v) is 9.32. The van der Waals surface area contributed by atoms with Crippen molar-refractivity contribution >= 4 is 23.6 Å². The van der Waals surface area contributed by atoms with Crippen LogP contribution >= 0.6 is 0 Å². The summed E-state index contributed by atoms with van der Waals surface area (Å²) in [6.45, 7) is 12.8. The number of nitrogens with one attached hydrogen (secondary N) is 4. The maximum Gasteiger partial charge on any atom is 0.312 e. The number of nitrogens with two attached hydrogens (primary N) is 1. The average Bonchev–Trinajstić information content (AvgIpc) is 2.66. The molecule has 0 aromatic rings. The SMILES string of the molecule is CC(C)NCCCCC(=O)N[C@H](C(=O)C[C@@H](CCCNC(N)=O)C(=O)NC(C)C)C(C)C. The molecule has 0 unspecified atom stereocenters. The fourth-order valence-electron chi connectivity index (χ4n) is 3.32. The summed E-state index contributed by atoms with van der Waals surface area (Å²) < 4.78 is 0. The van der Waals surface area contributed by atoms with Gasteiger partial charge in [0.1, 0.15) is 0 Å². The van der Waals surface area contributed by atoms with Crippen molar-refractivity contribution in [1.82, 2.24) is 21.3 Å². The third kappa shape index (κ3) is 14.8. The highest BCUT2D eigenvalue weighted by atomic mass is 16.2. The third-order valence-corrected chi connectivity index (χ3v) is 4.99. The maximum atomic E-state index is 13.0. The van der Waals surface area contributed by atoms with Crippen molar-refractivity contribution in [3.8, 4) is 0 Å². The van der Waals surface area contributed by atoms with Crippen LogP contribution in [-0.4, -0.2) is 54.8 Å². The fraction of sp³-hybridized carbons (Fsp3) is 0.826. The van der Waals surface area contributed by atoms with Crippen molar-refractivity contribution in [3.05, 3.63) is 0 Å². The van der Waals surface area contributed by atoms with Gasteiger partial charge in [-0.25, -0.2) is 4.79 Å². The quantitative estimate of drug-likeness (QED) is 0.213. The van der Waals surface area contributed by atoms with Gasteiger partial charge < -0.3 is 27.0 Å². The van der Waals surface area contributed by atoms with Gasteiger partial charge in [0.25, 0.3) is 0 Å². The van der Waals surface area contributed by atoms with E-state index in [-0.39, 0.29) is 36.0 Å². The summed E-state index contributed by atoms with van der Waals surface area (Å²) in [6, 6.07) is -0.880. The molecule has 0 bridgehead atoms. The van der Waals surface area contributed by atoms with Crippen LogP contribution in [0.4, 0.5) is 4.79 Å². The topological polar surface area (TPSA) is 142 Å². The van der Waals surface area contributed by atoms with Crippen LogP contribution in [0.3, 0.4) is 0 Å². The van der Waals surface area contributed by atoms with Crippen molar-refractivity contribution in [3.63, 3.8) is 0 Å². The molecule has 0 rings (SSSR count). The monoisotopic (exact) mass is 455 g/mol. The zero-order valence-corrected chi connectivity index (χ0v) is 20.8. The lowest BCUT2D eigenvalue weighted by Crippen LogP contribution is -2.46. The van der Waals surface area contributed by atoms with Crippen LogP contribution in [0.1, 0.15) is 80.1 Å². The summed E-state index contributed by atoms with van der Waals surface area (Å²) in [6.07, 6.45) is 3.00. The first-order valence-electron chi connectivity index (χ1n) is 11.8. The van der Waals surface area contributed by atoms with E-state index in [0.717, 1.165) is 19.4 Å². The molecule has 0 saturated carbocycles. The Hall–Kier alpha value is -2.16. The lowest BCUT2D eigenvalue weighted by Gasteiger charge is -2.24. The van der Waals surface area contributed by atoms with Crippen LogP contribution in [0.5, 0.6) is 0 Å². The molecule has 0 radical (unpaired) electrons. The summed E-state index contributed by atoms with van der Waals surface area (Å²) >= 11 is 0. The molecule has 9 heteroatoms. The van der Waals surface area contributed by atoms with E-state index < -0.39 is 18.0 Å². The Morgan fingerprint density at radius 1 is 0.812 bits per heavy atom. The number of amides is 4. The Morgan fingerprint density at radius 3 is 2.00 bits per heavy atom. The third-order valence-electron chi connectivity index (χ3n) is 4.99. The van der Waals surface area contributed by atoms with Gasteiger partial charge in [-0.2, -0.15) is 0 Å². The molecule has 32 heavy (non-hydrogen) atoms. The number of primary amides is 1. The van der Waals surface area contributed by atoms with E-state index in [1.807, 2.05) is 27.7 Å². The van der Waals surface area contributed by atoms with Crippen LogP contribution in [0.2, 0.25) is 0 Å². The first-order chi connectivity index (χ1) is 14.9. The molecule has 0 aliphatic rings. The van der Waals surface area contributed by atoms with E-state index in [1.165, 1.54) is 0 Å². The predicted octanol–water partition coefficient (Wildman–Crippen LogP) is 1.84. The van der Waals surface area contributed by atoms with Gasteiger partial charge in [-0.05, 0) is 52.0 Å². The highest BCUT2D eigenvalue weighted by molar-refractivity contribution is 5.92. The van der Waals surface area contributed by atoms with Crippen LogP contribution in [0, 0.1) is 11.8 Å². The first kappa shape index (κ1) is 29.8. The zero-order valence-electron chi connectivity index (χ0n) is 20.8. The van der Waals surface area contributed by atoms with Gasteiger partial charge in [-0.3, -0.25) is 14.4 Å². The van der Waals surface area contributed by atoms with E-state index in [4.69, 9.17) is 5.73 Å². The molecule has 6 N–H and O–H groups in total. The lowest BCUT2D eigenvalue weighted by molar-refractivity contribution is -0.133. The average molecular weight is 456 g/mol. The molecule has 0 aromatic carbocycles. The summed E-state index contributed by atoms with van der Waals surface area (Å²) in [5.41, 5.74) is 5.07. The molecule has 2 atom stereocenters. The number of Topliss-reactive ketones (excluding diaryl/α,β-unsaturated/α-hetero) is 1. The van der Waals surface area contributed by atoms with Crippen molar-refractivity contribution < 1.29 is 19.2 Å². The summed E-state index contributed by atoms with van der Waals surface area (Å²) in [5.74, 6) is -1.10. The first-order valence-corrected chi connectivity index (χ1v) is 11.8. The van der Waals surface area contributed by atoms with Crippen molar-refractivity contribution in [1.29, 1.82) is 0 Å². The Balaban J connectivity index is 4.86. The predicted molar refractivity (Wildman–Crippen MR) is 127 cm³/mol. The van der Waals surface area contributed by atoms with Gasteiger partial charge in [0.05, 0.1) is 6.04 Å². The number of carbonyl (C=O) groups excluding carboxylic acids is 4. The Morgan fingerprint density at radius 2 is 1.47 bits per heavy atom. The number of carbonyl (C=O) groups is 4. The van der Waals surface area contributed by atoms with Gasteiger partial charge in [-0.15, -0.1) is 0 Å². The number of hydrogen-bond donors (Lipinski definition) is 5. The standard InChI is InChI=1S/C23H45N5O4/c1-15(2)21(28-20(30)11-7-8-12-25-16(3)4)19(29)14-18(22(31)27-17(5)6)10-9-13-26-23(24)32/h15-18,21,25H,7-14H2,1-6H3,(H,27,31)(H,28,30)(H3,24,26,32)/t18-,21+/m1/s1. The van der Waals surface area contributed by atoms with Crippen LogP contribution < -0.4 is 27.0 Å². The van der Waals surface area contributed by atoms with Crippen molar-refractivity contribution in [2.24, 2.45) is 17.6 Å². The molecule has 186 valence electrons. The molecule has 0 saturated heterocycles. The molecule has 4 amide bonds. The highest BCUT2D eigenvalue weighted by Gasteiger charge is 2.29. The van der Waals surface area contributed by atoms with E-state index in [9.17, 15) is 19.2 Å². The van der Waals surface area contributed by atoms with Gasteiger partial charge in [0.15, 0.2) is 5.78 Å². The molecule has 0 fully saturated rings. The number of hydrogen-bond acceptors (Lipinski definition) is 5. The smallest absolute Gasteiger partial charge is 0.312 e.